The van der Waals surface area contributed by atoms with Gasteiger partial charge >= 0.3 is 0 Å². The molecule has 0 fully saturated rings. The molecule has 1 aromatic heterocycles. The Morgan fingerprint density at radius 2 is 2.07 bits per heavy atom. The fraction of sp³-hybridized carbons (Fsp3) is 0.462. The molecule has 1 rings (SSSR count). The van der Waals surface area contributed by atoms with Crippen molar-refractivity contribution in [1.29, 1.82) is 0 Å². The van der Waals surface area contributed by atoms with Gasteiger partial charge in [-0.25, -0.2) is 4.98 Å². The molecule has 0 bridgehead atoms. The van der Waals surface area contributed by atoms with Crippen molar-refractivity contribution >= 4 is 23.5 Å². The lowest BCUT2D eigenvalue weighted by Crippen LogP contribution is -2.24. The van der Waals surface area contributed by atoms with Crippen LogP contribution in [0.15, 0.2) is 17.7 Å². The molecule has 0 aromatic carbocycles. The highest BCUT2D eigenvalue weighted by molar-refractivity contribution is 7.07. The summed E-state index contributed by atoms with van der Waals surface area (Å²) in [4.78, 5) is 4.32. The van der Waals surface area contributed by atoms with E-state index < -0.39 is 0 Å². The number of nitrogens with zero attached hydrogens (tertiary/aromatic N) is 1. The van der Waals surface area contributed by atoms with Crippen LogP contribution in [0.5, 0.6) is 0 Å². The van der Waals surface area contributed by atoms with Gasteiger partial charge in [-0.15, -0.1) is 11.3 Å². The van der Waals surface area contributed by atoms with E-state index in [1.54, 1.807) is 11.3 Å². The Hall–Kier alpha value is -0.890. The largest absolute Gasteiger partial charge is 0.244 e. The zero-order valence-electron chi connectivity index (χ0n) is 10.4. The second-order valence-electron chi connectivity index (χ2n) is 3.23. The molecule has 1 aromatic rings. The smallest absolute Gasteiger partial charge is 0.0840 e. The molecular formula is C13H21NS. The van der Waals surface area contributed by atoms with Gasteiger partial charge in [0.25, 0.3) is 0 Å². The maximum Gasteiger partial charge on any atom is 0.0840 e. The van der Waals surface area contributed by atoms with Crippen LogP contribution in [0.2, 0.25) is 0 Å². The highest BCUT2D eigenvalue weighted by atomic mass is 32.1. The molecule has 0 aliphatic rings. The summed E-state index contributed by atoms with van der Waals surface area (Å²) in [5.74, 6) is 0.499. The molecule has 1 heterocycles. The van der Waals surface area contributed by atoms with E-state index in [-0.39, 0.29) is 0 Å². The number of hydrogen-bond donors (Lipinski definition) is 0. The highest BCUT2D eigenvalue weighted by Crippen LogP contribution is 2.09. The highest BCUT2D eigenvalue weighted by Gasteiger charge is 2.01. The first-order valence-corrected chi connectivity index (χ1v) is 6.30. The van der Waals surface area contributed by atoms with Gasteiger partial charge in [0.05, 0.1) is 10.9 Å². The van der Waals surface area contributed by atoms with E-state index in [4.69, 9.17) is 0 Å². The van der Waals surface area contributed by atoms with Crippen LogP contribution < -0.4 is 9.88 Å². The van der Waals surface area contributed by atoms with Crippen LogP contribution in [0.1, 0.15) is 34.6 Å². The van der Waals surface area contributed by atoms with Crippen LogP contribution in [-0.4, -0.2) is 4.98 Å². The average Bonchev–Trinajstić information content (AvgIpc) is 2.63. The van der Waals surface area contributed by atoms with Crippen molar-refractivity contribution in [3.05, 3.63) is 27.5 Å². The van der Waals surface area contributed by atoms with E-state index in [1.807, 2.05) is 32.4 Å². The number of rotatable bonds is 2. The zero-order chi connectivity index (χ0) is 11.8. The second-order valence-corrected chi connectivity index (χ2v) is 4.17. The summed E-state index contributed by atoms with van der Waals surface area (Å²) in [7, 11) is 0. The molecule has 0 saturated heterocycles. The van der Waals surface area contributed by atoms with Crippen molar-refractivity contribution in [1.82, 2.24) is 4.98 Å². The predicted molar refractivity (Wildman–Crippen MR) is 71.3 cm³/mol. The quantitative estimate of drug-likeness (QED) is 0.751. The number of aromatic nitrogens is 1. The van der Waals surface area contributed by atoms with Crippen LogP contribution in [-0.2, 0) is 0 Å². The van der Waals surface area contributed by atoms with Crippen molar-refractivity contribution in [3.63, 3.8) is 0 Å². The van der Waals surface area contributed by atoms with Crippen LogP contribution in [0.25, 0.3) is 12.2 Å². The molecule has 0 saturated carbocycles. The van der Waals surface area contributed by atoms with Crippen molar-refractivity contribution in [2.45, 2.75) is 34.6 Å². The summed E-state index contributed by atoms with van der Waals surface area (Å²) in [6, 6.07) is 0. The lowest BCUT2D eigenvalue weighted by atomic mass is 10.0. The monoisotopic (exact) mass is 223 g/mol. The Morgan fingerprint density at radius 3 is 2.40 bits per heavy atom. The van der Waals surface area contributed by atoms with E-state index in [0.717, 1.165) is 9.88 Å². The lowest BCUT2D eigenvalue weighted by Gasteiger charge is -2.03. The van der Waals surface area contributed by atoms with Gasteiger partial charge in [0.15, 0.2) is 0 Å². The third-order valence-electron chi connectivity index (χ3n) is 1.88. The zero-order valence-corrected chi connectivity index (χ0v) is 11.2. The normalized spacial score (nSPS) is 12.7. The molecule has 0 unspecified atom stereocenters. The van der Waals surface area contributed by atoms with E-state index in [9.17, 15) is 0 Å². The van der Waals surface area contributed by atoms with E-state index in [1.165, 1.54) is 5.57 Å². The first kappa shape index (κ1) is 14.1. The second kappa shape index (κ2) is 7.41. The topological polar surface area (TPSA) is 12.9 Å². The van der Waals surface area contributed by atoms with Gasteiger partial charge in [0.1, 0.15) is 0 Å². The van der Waals surface area contributed by atoms with E-state index in [2.05, 4.69) is 31.5 Å². The Morgan fingerprint density at radius 1 is 1.47 bits per heavy atom. The minimum absolute atomic E-state index is 0.499. The van der Waals surface area contributed by atoms with Gasteiger partial charge in [0.2, 0.25) is 0 Å². The Labute approximate surface area is 96.9 Å². The van der Waals surface area contributed by atoms with Gasteiger partial charge in [0, 0.05) is 4.53 Å². The first-order valence-electron chi connectivity index (χ1n) is 5.42. The summed E-state index contributed by atoms with van der Waals surface area (Å²) >= 11 is 1.60. The van der Waals surface area contributed by atoms with Gasteiger partial charge in [-0.2, -0.15) is 0 Å². The molecule has 0 amide bonds. The SMILES string of the molecule is C=c1scn/c1=C(/C=C\C)C(C)C.CC. The van der Waals surface area contributed by atoms with Gasteiger partial charge < -0.3 is 0 Å². The summed E-state index contributed by atoms with van der Waals surface area (Å²) in [5, 5.41) is 1.05. The number of allylic oxidation sites excluding steroid dienone is 2. The average molecular weight is 223 g/mol. The molecule has 2 heteroatoms. The number of hydrogen-bond acceptors (Lipinski definition) is 2. The maximum atomic E-state index is 4.32. The molecule has 15 heavy (non-hydrogen) atoms. The Bertz CT molecular complexity index is 398. The third kappa shape index (κ3) is 4.00. The molecule has 1 nitrogen and oxygen atoms in total. The molecular weight excluding hydrogens is 202 g/mol. The lowest BCUT2D eigenvalue weighted by molar-refractivity contribution is 0.850. The minimum Gasteiger partial charge on any atom is -0.244 e. The summed E-state index contributed by atoms with van der Waals surface area (Å²) in [6.07, 6.45) is 4.17. The maximum absolute atomic E-state index is 4.32. The molecule has 0 aliphatic carbocycles. The first-order chi connectivity index (χ1) is 7.16. The van der Waals surface area contributed by atoms with Crippen molar-refractivity contribution in [3.8, 4) is 0 Å². The van der Waals surface area contributed by atoms with Gasteiger partial charge in [-0.3, -0.25) is 0 Å². The fourth-order valence-electron chi connectivity index (χ4n) is 1.23. The van der Waals surface area contributed by atoms with Gasteiger partial charge in [-0.05, 0) is 18.4 Å². The molecule has 0 spiro atoms. The van der Waals surface area contributed by atoms with E-state index >= 15 is 0 Å². The van der Waals surface area contributed by atoms with Gasteiger partial charge in [-0.1, -0.05) is 46.4 Å². The van der Waals surface area contributed by atoms with Crippen LogP contribution in [0, 0.1) is 5.92 Å². The van der Waals surface area contributed by atoms with Crippen LogP contribution in [0.4, 0.5) is 0 Å². The molecule has 0 N–H and O–H groups in total. The van der Waals surface area contributed by atoms with E-state index in [0.29, 0.717) is 5.92 Å². The summed E-state index contributed by atoms with van der Waals surface area (Å²) in [6.45, 7) is 14.3. The molecule has 84 valence electrons. The fourth-order valence-corrected chi connectivity index (χ4v) is 1.80. The molecule has 0 atom stereocenters. The summed E-state index contributed by atoms with van der Waals surface area (Å²) < 4.78 is 1.06. The predicted octanol–water partition coefficient (Wildman–Crippen LogP) is 2.96. The molecule has 0 aliphatic heterocycles. The van der Waals surface area contributed by atoms with Crippen LogP contribution >= 0.6 is 11.3 Å². The number of thiazole rings is 1. The van der Waals surface area contributed by atoms with Crippen molar-refractivity contribution in [2.24, 2.45) is 5.92 Å². The molecule has 0 radical (unpaired) electrons. The van der Waals surface area contributed by atoms with Crippen molar-refractivity contribution < 1.29 is 0 Å². The Kier molecular flexibility index (Phi) is 6.97. The standard InChI is InChI=1S/C11H15NS.C2H6/c1-5-6-10(8(2)3)11-9(4)13-7-12-11;1-2/h5-8H,4H2,1-3H3;1-2H3/b6-5-,11-10-;. The summed E-state index contributed by atoms with van der Waals surface area (Å²) in [5.41, 5.74) is 3.12. The minimum atomic E-state index is 0.499. The third-order valence-corrected chi connectivity index (χ3v) is 2.57. The Balaban J connectivity index is 0.000000921. The van der Waals surface area contributed by atoms with Crippen LogP contribution in [0.3, 0.4) is 0 Å². The van der Waals surface area contributed by atoms with Crippen molar-refractivity contribution in [2.75, 3.05) is 0 Å².